The van der Waals surface area contributed by atoms with Crippen molar-refractivity contribution in [2.75, 3.05) is 24.5 Å². The first-order chi connectivity index (χ1) is 9.50. The van der Waals surface area contributed by atoms with Gasteiger partial charge in [-0.15, -0.1) is 0 Å². The lowest BCUT2D eigenvalue weighted by Gasteiger charge is -2.32. The predicted octanol–water partition coefficient (Wildman–Crippen LogP) is 2.77. The molecule has 0 unspecified atom stereocenters. The minimum atomic E-state index is 0.282. The van der Waals surface area contributed by atoms with Crippen molar-refractivity contribution in [3.05, 3.63) is 29.7 Å². The molecule has 1 aliphatic heterocycles. The van der Waals surface area contributed by atoms with Crippen molar-refractivity contribution in [2.24, 2.45) is 5.41 Å². The zero-order valence-electron chi connectivity index (χ0n) is 13.1. The molecule has 0 spiro atoms. The van der Waals surface area contributed by atoms with Crippen LogP contribution in [0.5, 0.6) is 0 Å². The van der Waals surface area contributed by atoms with Gasteiger partial charge in [0, 0.05) is 25.8 Å². The van der Waals surface area contributed by atoms with Crippen LogP contribution in [-0.4, -0.2) is 29.6 Å². The summed E-state index contributed by atoms with van der Waals surface area (Å²) >= 11 is 0. The molecular weight excluding hydrogens is 248 g/mol. The fourth-order valence-corrected chi connectivity index (χ4v) is 2.44. The summed E-state index contributed by atoms with van der Waals surface area (Å²) in [5.74, 6) is 0.990. The van der Waals surface area contributed by atoms with E-state index in [-0.39, 0.29) is 5.41 Å². The average molecular weight is 274 g/mol. The first-order valence-corrected chi connectivity index (χ1v) is 7.47. The van der Waals surface area contributed by atoms with Crippen LogP contribution in [0.4, 0.5) is 5.82 Å². The van der Waals surface area contributed by atoms with Gasteiger partial charge in [-0.1, -0.05) is 39.3 Å². The van der Waals surface area contributed by atoms with Crippen LogP contribution in [0.2, 0.25) is 0 Å². The minimum absolute atomic E-state index is 0.282. The van der Waals surface area contributed by atoms with Crippen LogP contribution < -0.4 is 10.2 Å². The second-order valence-corrected chi connectivity index (χ2v) is 6.32. The predicted molar refractivity (Wildman–Crippen MR) is 83.8 cm³/mol. The van der Waals surface area contributed by atoms with Crippen LogP contribution in [0.3, 0.4) is 0 Å². The lowest BCUT2D eigenvalue weighted by molar-refractivity contribution is 0.472. The number of aromatic nitrogens is 2. The Balaban J connectivity index is 2.05. The van der Waals surface area contributed by atoms with E-state index < -0.39 is 0 Å². The van der Waals surface area contributed by atoms with E-state index in [0.717, 1.165) is 44.1 Å². The van der Waals surface area contributed by atoms with E-state index in [9.17, 15) is 0 Å². The van der Waals surface area contributed by atoms with Gasteiger partial charge in [0.2, 0.25) is 0 Å². The lowest BCUT2D eigenvalue weighted by atomic mass is 9.83. The highest BCUT2D eigenvalue weighted by molar-refractivity contribution is 5.40. The monoisotopic (exact) mass is 274 g/mol. The zero-order chi connectivity index (χ0) is 14.6. The molecule has 0 amide bonds. The Morgan fingerprint density at radius 3 is 2.70 bits per heavy atom. The second-order valence-electron chi connectivity index (χ2n) is 6.32. The standard InChI is InChI=1S/C16H26N4/c1-5-17-10-14-11-18-12-15(19-14)20-8-6-13(7-9-20)16(2,3)4/h6,11-12,17H,5,7-10H2,1-4H3. The summed E-state index contributed by atoms with van der Waals surface area (Å²) in [4.78, 5) is 11.3. The fourth-order valence-electron chi connectivity index (χ4n) is 2.44. The number of hydrogen-bond donors (Lipinski definition) is 1. The summed E-state index contributed by atoms with van der Waals surface area (Å²) in [6.45, 7) is 12.7. The van der Waals surface area contributed by atoms with Gasteiger partial charge in [0.05, 0.1) is 11.9 Å². The Kier molecular flexibility index (Phi) is 4.76. The molecule has 20 heavy (non-hydrogen) atoms. The maximum absolute atomic E-state index is 4.69. The maximum atomic E-state index is 4.69. The third-order valence-electron chi connectivity index (χ3n) is 3.72. The van der Waals surface area contributed by atoms with Gasteiger partial charge >= 0.3 is 0 Å². The summed E-state index contributed by atoms with van der Waals surface area (Å²) < 4.78 is 0. The minimum Gasteiger partial charge on any atom is -0.351 e. The van der Waals surface area contributed by atoms with Crippen molar-refractivity contribution in [3.63, 3.8) is 0 Å². The van der Waals surface area contributed by atoms with Crippen molar-refractivity contribution in [2.45, 2.75) is 40.7 Å². The summed E-state index contributed by atoms with van der Waals surface area (Å²) in [7, 11) is 0. The van der Waals surface area contributed by atoms with E-state index in [1.165, 1.54) is 0 Å². The quantitative estimate of drug-likeness (QED) is 0.857. The first kappa shape index (κ1) is 15.0. The van der Waals surface area contributed by atoms with E-state index in [2.05, 4.69) is 49.0 Å². The van der Waals surface area contributed by atoms with E-state index in [0.29, 0.717) is 0 Å². The van der Waals surface area contributed by atoms with Crippen LogP contribution in [0.25, 0.3) is 0 Å². The molecule has 0 fully saturated rings. The topological polar surface area (TPSA) is 41.1 Å². The number of rotatable bonds is 4. The van der Waals surface area contributed by atoms with Crippen molar-refractivity contribution < 1.29 is 0 Å². The molecule has 0 aromatic carbocycles. The Labute approximate surface area is 122 Å². The van der Waals surface area contributed by atoms with Crippen LogP contribution in [0.15, 0.2) is 24.0 Å². The lowest BCUT2D eigenvalue weighted by Crippen LogP contribution is -2.32. The van der Waals surface area contributed by atoms with Crippen LogP contribution in [0.1, 0.15) is 39.8 Å². The molecule has 4 heteroatoms. The number of anilines is 1. The molecule has 4 nitrogen and oxygen atoms in total. The molecule has 0 radical (unpaired) electrons. The molecule has 1 aliphatic rings. The molecule has 0 aliphatic carbocycles. The van der Waals surface area contributed by atoms with Gasteiger partial charge in [0.15, 0.2) is 0 Å². The van der Waals surface area contributed by atoms with Crippen LogP contribution in [-0.2, 0) is 6.54 Å². The van der Waals surface area contributed by atoms with E-state index in [1.54, 1.807) is 5.57 Å². The molecule has 2 rings (SSSR count). The number of nitrogens with one attached hydrogen (secondary N) is 1. The van der Waals surface area contributed by atoms with Crippen molar-refractivity contribution in [1.29, 1.82) is 0 Å². The van der Waals surface area contributed by atoms with Crippen molar-refractivity contribution >= 4 is 5.82 Å². The zero-order valence-corrected chi connectivity index (χ0v) is 13.1. The summed E-state index contributed by atoms with van der Waals surface area (Å²) in [6.07, 6.45) is 7.17. The van der Waals surface area contributed by atoms with Crippen LogP contribution in [0, 0.1) is 5.41 Å². The van der Waals surface area contributed by atoms with Gasteiger partial charge in [-0.25, -0.2) is 4.98 Å². The Hall–Kier alpha value is -1.42. The molecule has 110 valence electrons. The van der Waals surface area contributed by atoms with Crippen LogP contribution >= 0.6 is 0 Å². The fraction of sp³-hybridized carbons (Fsp3) is 0.625. The molecule has 0 saturated carbocycles. The third kappa shape index (κ3) is 3.79. The molecule has 0 atom stereocenters. The maximum Gasteiger partial charge on any atom is 0.147 e. The normalized spacial score (nSPS) is 16.2. The summed E-state index contributed by atoms with van der Waals surface area (Å²) in [5, 5.41) is 3.29. The first-order valence-electron chi connectivity index (χ1n) is 7.47. The van der Waals surface area contributed by atoms with Gasteiger partial charge in [-0.3, -0.25) is 4.98 Å². The third-order valence-corrected chi connectivity index (χ3v) is 3.72. The Morgan fingerprint density at radius 1 is 1.30 bits per heavy atom. The summed E-state index contributed by atoms with van der Waals surface area (Å²) in [5.41, 5.74) is 2.84. The highest BCUT2D eigenvalue weighted by Gasteiger charge is 2.21. The van der Waals surface area contributed by atoms with Gasteiger partial charge in [0.1, 0.15) is 5.82 Å². The van der Waals surface area contributed by atoms with Gasteiger partial charge in [-0.05, 0) is 18.4 Å². The highest BCUT2D eigenvalue weighted by atomic mass is 15.2. The van der Waals surface area contributed by atoms with Gasteiger partial charge in [0.25, 0.3) is 0 Å². The highest BCUT2D eigenvalue weighted by Crippen LogP contribution is 2.30. The molecule has 2 heterocycles. The largest absolute Gasteiger partial charge is 0.351 e. The van der Waals surface area contributed by atoms with Crippen molar-refractivity contribution in [3.8, 4) is 0 Å². The molecule has 1 aromatic heterocycles. The average Bonchev–Trinajstić information content (AvgIpc) is 2.45. The van der Waals surface area contributed by atoms with E-state index in [1.807, 2.05) is 12.4 Å². The smallest absolute Gasteiger partial charge is 0.147 e. The SMILES string of the molecule is CCNCc1cncc(N2CC=C(C(C)(C)C)CC2)n1. The van der Waals surface area contributed by atoms with Gasteiger partial charge < -0.3 is 10.2 Å². The molecule has 0 bridgehead atoms. The van der Waals surface area contributed by atoms with Gasteiger partial charge in [-0.2, -0.15) is 0 Å². The van der Waals surface area contributed by atoms with E-state index >= 15 is 0 Å². The molecular formula is C16H26N4. The van der Waals surface area contributed by atoms with Crippen molar-refractivity contribution in [1.82, 2.24) is 15.3 Å². The molecule has 1 N–H and O–H groups in total. The molecule has 1 aromatic rings. The van der Waals surface area contributed by atoms with E-state index in [4.69, 9.17) is 4.98 Å². The number of hydrogen-bond acceptors (Lipinski definition) is 4. The number of nitrogens with zero attached hydrogens (tertiary/aromatic N) is 3. The summed E-state index contributed by atoms with van der Waals surface area (Å²) in [6, 6.07) is 0. The Morgan fingerprint density at radius 2 is 2.10 bits per heavy atom. The Bertz CT molecular complexity index is 474. The second kappa shape index (κ2) is 6.35. The molecule has 0 saturated heterocycles.